The molecule has 5 heteroatoms. The first kappa shape index (κ1) is 14.9. The van der Waals surface area contributed by atoms with Crippen LogP contribution in [0.2, 0.25) is 0 Å². The second-order valence-electron chi connectivity index (χ2n) is 4.67. The predicted molar refractivity (Wildman–Crippen MR) is 81.4 cm³/mol. The topological polar surface area (TPSA) is 84.6 Å². The van der Waals surface area contributed by atoms with Crippen molar-refractivity contribution in [1.29, 1.82) is 0 Å². The van der Waals surface area contributed by atoms with Crippen LogP contribution in [-0.4, -0.2) is 24.2 Å². The fraction of sp³-hybridized carbons (Fsp3) is 0.188. The standard InChI is InChI=1S/C16H18N2O3/c1-21-12-7-8-15(19)14(10-12)18-16(20)13(17)9-11-5-3-2-4-6-11/h2-8,10,13,19H,9,17H2,1H3,(H,18,20)/t13-/m1/s1. The molecule has 0 aliphatic rings. The van der Waals surface area contributed by atoms with Crippen molar-refractivity contribution in [1.82, 2.24) is 0 Å². The van der Waals surface area contributed by atoms with Gasteiger partial charge in [0, 0.05) is 6.07 Å². The summed E-state index contributed by atoms with van der Waals surface area (Å²) < 4.78 is 5.05. The van der Waals surface area contributed by atoms with Crippen molar-refractivity contribution in [2.75, 3.05) is 12.4 Å². The fourth-order valence-electron chi connectivity index (χ4n) is 1.93. The highest BCUT2D eigenvalue weighted by Crippen LogP contribution is 2.27. The molecule has 2 aromatic rings. The molecule has 0 saturated heterocycles. The van der Waals surface area contributed by atoms with Crippen molar-refractivity contribution in [3.63, 3.8) is 0 Å². The highest BCUT2D eigenvalue weighted by molar-refractivity contribution is 5.96. The van der Waals surface area contributed by atoms with Crippen LogP contribution < -0.4 is 15.8 Å². The van der Waals surface area contributed by atoms with Crippen LogP contribution in [0.25, 0.3) is 0 Å². The van der Waals surface area contributed by atoms with Crippen LogP contribution in [0.1, 0.15) is 5.56 Å². The van der Waals surface area contributed by atoms with Crippen LogP contribution >= 0.6 is 0 Å². The second-order valence-corrected chi connectivity index (χ2v) is 4.67. The zero-order valence-corrected chi connectivity index (χ0v) is 11.7. The molecule has 0 heterocycles. The Bertz CT molecular complexity index is 614. The SMILES string of the molecule is COc1ccc(O)c(NC(=O)[C@H](N)Cc2ccccc2)c1. The van der Waals surface area contributed by atoms with E-state index < -0.39 is 6.04 Å². The molecule has 0 fully saturated rings. The first-order chi connectivity index (χ1) is 10.1. The number of phenols is 1. The van der Waals surface area contributed by atoms with E-state index >= 15 is 0 Å². The van der Waals surface area contributed by atoms with Crippen molar-refractivity contribution in [2.24, 2.45) is 5.73 Å². The van der Waals surface area contributed by atoms with Gasteiger partial charge in [-0.15, -0.1) is 0 Å². The normalized spacial score (nSPS) is 11.7. The lowest BCUT2D eigenvalue weighted by atomic mass is 10.1. The largest absolute Gasteiger partial charge is 0.506 e. The Hall–Kier alpha value is -2.53. The third kappa shape index (κ3) is 3.97. The fourth-order valence-corrected chi connectivity index (χ4v) is 1.93. The van der Waals surface area contributed by atoms with E-state index in [2.05, 4.69) is 5.32 Å². The van der Waals surface area contributed by atoms with Gasteiger partial charge in [0.05, 0.1) is 18.8 Å². The van der Waals surface area contributed by atoms with Crippen LogP contribution in [0.4, 0.5) is 5.69 Å². The molecule has 0 saturated carbocycles. The maximum Gasteiger partial charge on any atom is 0.241 e. The summed E-state index contributed by atoms with van der Waals surface area (Å²) in [6.07, 6.45) is 0.428. The molecule has 0 spiro atoms. The number of hydrogen-bond acceptors (Lipinski definition) is 4. The summed E-state index contributed by atoms with van der Waals surface area (Å²) in [5.41, 5.74) is 7.15. The lowest BCUT2D eigenvalue weighted by molar-refractivity contribution is -0.117. The minimum absolute atomic E-state index is 0.0314. The van der Waals surface area contributed by atoms with Crippen LogP contribution in [0, 0.1) is 0 Å². The molecular weight excluding hydrogens is 268 g/mol. The van der Waals surface area contributed by atoms with Gasteiger partial charge in [0.15, 0.2) is 0 Å². The summed E-state index contributed by atoms with van der Waals surface area (Å²) in [5, 5.41) is 12.4. The maximum absolute atomic E-state index is 12.1. The Morgan fingerprint density at radius 2 is 2.00 bits per heavy atom. The number of amides is 1. The molecule has 0 aliphatic carbocycles. The van der Waals surface area contributed by atoms with Gasteiger partial charge in [-0.25, -0.2) is 0 Å². The van der Waals surface area contributed by atoms with Gasteiger partial charge in [0.1, 0.15) is 11.5 Å². The van der Waals surface area contributed by atoms with E-state index in [-0.39, 0.29) is 17.3 Å². The smallest absolute Gasteiger partial charge is 0.241 e. The maximum atomic E-state index is 12.1. The molecule has 0 aromatic heterocycles. The molecule has 0 aliphatic heterocycles. The molecule has 2 aromatic carbocycles. The lowest BCUT2D eigenvalue weighted by Gasteiger charge is -2.14. The van der Waals surface area contributed by atoms with Crippen molar-refractivity contribution in [2.45, 2.75) is 12.5 Å². The summed E-state index contributed by atoms with van der Waals surface area (Å²) >= 11 is 0. The van der Waals surface area contributed by atoms with Gasteiger partial charge in [-0.1, -0.05) is 30.3 Å². The third-order valence-corrected chi connectivity index (χ3v) is 3.10. The summed E-state index contributed by atoms with van der Waals surface area (Å²) in [4.78, 5) is 12.1. The molecule has 21 heavy (non-hydrogen) atoms. The quantitative estimate of drug-likeness (QED) is 0.733. The second kappa shape index (κ2) is 6.76. The molecule has 5 nitrogen and oxygen atoms in total. The van der Waals surface area contributed by atoms with Crippen molar-refractivity contribution in [3.05, 3.63) is 54.1 Å². The van der Waals surface area contributed by atoms with Crippen molar-refractivity contribution in [3.8, 4) is 11.5 Å². The van der Waals surface area contributed by atoms with E-state index in [0.29, 0.717) is 12.2 Å². The summed E-state index contributed by atoms with van der Waals surface area (Å²) in [6.45, 7) is 0. The Balaban J connectivity index is 2.04. The number of carbonyl (C=O) groups excluding carboxylic acids is 1. The molecular formula is C16H18N2O3. The first-order valence-corrected chi connectivity index (χ1v) is 6.57. The Kier molecular flexibility index (Phi) is 4.79. The van der Waals surface area contributed by atoms with E-state index in [0.717, 1.165) is 5.56 Å². The molecule has 0 unspecified atom stereocenters. The van der Waals surface area contributed by atoms with E-state index in [1.165, 1.54) is 13.2 Å². The van der Waals surface area contributed by atoms with Gasteiger partial charge in [0.2, 0.25) is 5.91 Å². The molecule has 0 bridgehead atoms. The number of benzene rings is 2. The minimum atomic E-state index is -0.696. The average Bonchev–Trinajstić information content (AvgIpc) is 2.50. The Morgan fingerprint density at radius 1 is 1.29 bits per heavy atom. The molecule has 4 N–H and O–H groups in total. The number of nitrogens with one attached hydrogen (secondary N) is 1. The van der Waals surface area contributed by atoms with E-state index in [4.69, 9.17) is 10.5 Å². The predicted octanol–water partition coefficient (Wildman–Crippen LogP) is 1.91. The van der Waals surface area contributed by atoms with Gasteiger partial charge in [-0.05, 0) is 24.1 Å². The monoisotopic (exact) mass is 286 g/mol. The minimum Gasteiger partial charge on any atom is -0.506 e. The van der Waals surface area contributed by atoms with Gasteiger partial charge in [-0.3, -0.25) is 4.79 Å². The average molecular weight is 286 g/mol. The van der Waals surface area contributed by atoms with E-state index in [9.17, 15) is 9.90 Å². The number of phenolic OH excluding ortho intramolecular Hbond substituents is 1. The van der Waals surface area contributed by atoms with Gasteiger partial charge >= 0.3 is 0 Å². The highest BCUT2D eigenvalue weighted by atomic mass is 16.5. The lowest BCUT2D eigenvalue weighted by Crippen LogP contribution is -2.37. The van der Waals surface area contributed by atoms with Crippen LogP contribution in [0.5, 0.6) is 11.5 Å². The number of carbonyl (C=O) groups is 1. The zero-order chi connectivity index (χ0) is 15.2. The molecule has 1 atom stereocenters. The van der Waals surface area contributed by atoms with Gasteiger partial charge in [-0.2, -0.15) is 0 Å². The molecule has 110 valence electrons. The van der Waals surface area contributed by atoms with E-state index in [1.54, 1.807) is 12.1 Å². The van der Waals surface area contributed by atoms with Crippen LogP contribution in [0.3, 0.4) is 0 Å². The molecule has 1 amide bonds. The Morgan fingerprint density at radius 3 is 2.67 bits per heavy atom. The van der Waals surface area contributed by atoms with Gasteiger partial charge in [0.25, 0.3) is 0 Å². The van der Waals surface area contributed by atoms with Crippen LogP contribution in [-0.2, 0) is 11.2 Å². The zero-order valence-electron chi connectivity index (χ0n) is 11.7. The van der Waals surface area contributed by atoms with Crippen molar-refractivity contribution < 1.29 is 14.6 Å². The molecule has 0 radical (unpaired) electrons. The van der Waals surface area contributed by atoms with Crippen LogP contribution in [0.15, 0.2) is 48.5 Å². The highest BCUT2D eigenvalue weighted by Gasteiger charge is 2.16. The number of hydrogen-bond donors (Lipinski definition) is 3. The Labute approximate surface area is 123 Å². The third-order valence-electron chi connectivity index (χ3n) is 3.10. The summed E-state index contributed by atoms with van der Waals surface area (Å²) in [5.74, 6) is 0.151. The number of methoxy groups -OCH3 is 1. The number of nitrogens with two attached hydrogens (primary N) is 1. The number of anilines is 1. The summed E-state index contributed by atoms with van der Waals surface area (Å²) in [7, 11) is 1.51. The van der Waals surface area contributed by atoms with Gasteiger partial charge < -0.3 is 20.9 Å². The number of rotatable bonds is 5. The number of ether oxygens (including phenoxy) is 1. The van der Waals surface area contributed by atoms with Crippen molar-refractivity contribution >= 4 is 11.6 Å². The number of aromatic hydroxyl groups is 1. The molecule has 2 rings (SSSR count). The van der Waals surface area contributed by atoms with E-state index in [1.807, 2.05) is 30.3 Å². The summed E-state index contributed by atoms with van der Waals surface area (Å²) in [6, 6.07) is 13.4. The first-order valence-electron chi connectivity index (χ1n) is 6.57.